The molecule has 0 saturated heterocycles. The minimum atomic E-state index is 0.341. The van der Waals surface area contributed by atoms with Crippen molar-refractivity contribution in [1.82, 2.24) is 15.1 Å². The molecule has 2 aromatic rings. The Labute approximate surface area is 136 Å². The number of halogens is 2. The Morgan fingerprint density at radius 1 is 1.29 bits per heavy atom. The van der Waals surface area contributed by atoms with E-state index in [0.29, 0.717) is 11.1 Å². The van der Waals surface area contributed by atoms with E-state index in [-0.39, 0.29) is 0 Å². The SMILES string of the molecule is CCCNC(Cc1cnn(C)c1)Cc1ccc(Cl)cc1Cl. The third-order valence-corrected chi connectivity index (χ3v) is 3.99. The zero-order valence-corrected chi connectivity index (χ0v) is 14.0. The molecule has 2 rings (SSSR count). The van der Waals surface area contributed by atoms with Crippen molar-refractivity contribution in [3.8, 4) is 0 Å². The Hall–Kier alpha value is -1.03. The Morgan fingerprint density at radius 2 is 2.10 bits per heavy atom. The van der Waals surface area contributed by atoms with Gasteiger partial charge in [0.25, 0.3) is 0 Å². The minimum Gasteiger partial charge on any atom is -0.313 e. The lowest BCUT2D eigenvalue weighted by Crippen LogP contribution is -2.33. The number of aromatic nitrogens is 2. The fraction of sp³-hybridized carbons (Fsp3) is 0.438. The highest BCUT2D eigenvalue weighted by atomic mass is 35.5. The average Bonchev–Trinajstić information content (AvgIpc) is 2.84. The molecule has 3 nitrogen and oxygen atoms in total. The van der Waals surface area contributed by atoms with Gasteiger partial charge in [0.2, 0.25) is 0 Å². The Bertz CT molecular complexity index is 581. The van der Waals surface area contributed by atoms with Gasteiger partial charge in [0, 0.05) is 29.3 Å². The molecule has 1 heterocycles. The first-order valence-electron chi connectivity index (χ1n) is 7.23. The van der Waals surface area contributed by atoms with Crippen LogP contribution in [-0.4, -0.2) is 22.4 Å². The highest BCUT2D eigenvalue weighted by Gasteiger charge is 2.13. The standard InChI is InChI=1S/C16H21Cl2N3/c1-3-6-19-15(7-12-10-20-21(2)11-12)8-13-4-5-14(17)9-16(13)18/h4-5,9-11,15,19H,3,6-8H2,1-2H3. The number of benzene rings is 1. The summed E-state index contributed by atoms with van der Waals surface area (Å²) in [6.07, 6.45) is 6.91. The normalized spacial score (nSPS) is 12.6. The quantitative estimate of drug-likeness (QED) is 0.837. The van der Waals surface area contributed by atoms with Crippen LogP contribution in [0.5, 0.6) is 0 Å². The van der Waals surface area contributed by atoms with E-state index in [1.165, 1.54) is 5.56 Å². The highest BCUT2D eigenvalue weighted by Crippen LogP contribution is 2.22. The summed E-state index contributed by atoms with van der Waals surface area (Å²) >= 11 is 12.2. The van der Waals surface area contributed by atoms with Crippen LogP contribution in [0.3, 0.4) is 0 Å². The molecular weight excluding hydrogens is 305 g/mol. The van der Waals surface area contributed by atoms with E-state index < -0.39 is 0 Å². The highest BCUT2D eigenvalue weighted by molar-refractivity contribution is 6.35. The van der Waals surface area contributed by atoms with E-state index >= 15 is 0 Å². The van der Waals surface area contributed by atoms with Gasteiger partial charge in [-0.3, -0.25) is 4.68 Å². The molecule has 0 fully saturated rings. The Kier molecular flexibility index (Phi) is 6.09. The van der Waals surface area contributed by atoms with E-state index in [0.717, 1.165) is 36.4 Å². The monoisotopic (exact) mass is 325 g/mol. The number of hydrogen-bond donors (Lipinski definition) is 1. The first-order valence-corrected chi connectivity index (χ1v) is 7.99. The van der Waals surface area contributed by atoms with E-state index in [9.17, 15) is 0 Å². The third-order valence-electron chi connectivity index (χ3n) is 3.40. The van der Waals surface area contributed by atoms with Crippen LogP contribution in [0.2, 0.25) is 10.0 Å². The molecule has 0 aliphatic rings. The van der Waals surface area contributed by atoms with E-state index in [1.54, 1.807) is 6.07 Å². The van der Waals surface area contributed by atoms with Crippen LogP contribution in [0.1, 0.15) is 24.5 Å². The molecule has 1 aromatic carbocycles. The molecule has 21 heavy (non-hydrogen) atoms. The first kappa shape index (κ1) is 16.3. The van der Waals surface area contributed by atoms with Crippen LogP contribution in [0.15, 0.2) is 30.6 Å². The number of aryl methyl sites for hydroxylation is 1. The maximum Gasteiger partial charge on any atom is 0.0522 e. The van der Waals surface area contributed by atoms with Gasteiger partial charge >= 0.3 is 0 Å². The van der Waals surface area contributed by atoms with Crippen LogP contribution in [0, 0.1) is 0 Å². The predicted molar refractivity (Wildman–Crippen MR) is 89.2 cm³/mol. The number of hydrogen-bond acceptors (Lipinski definition) is 2. The van der Waals surface area contributed by atoms with Crippen molar-refractivity contribution >= 4 is 23.2 Å². The van der Waals surface area contributed by atoms with Crippen molar-refractivity contribution in [2.45, 2.75) is 32.2 Å². The van der Waals surface area contributed by atoms with Gasteiger partial charge in [-0.2, -0.15) is 5.10 Å². The molecule has 114 valence electrons. The topological polar surface area (TPSA) is 29.9 Å². The largest absolute Gasteiger partial charge is 0.313 e. The van der Waals surface area contributed by atoms with Crippen LogP contribution < -0.4 is 5.32 Å². The first-order chi connectivity index (χ1) is 10.1. The van der Waals surface area contributed by atoms with Crippen molar-refractivity contribution in [3.63, 3.8) is 0 Å². The second-order valence-corrected chi connectivity index (χ2v) is 6.16. The molecule has 0 aliphatic carbocycles. The lowest BCUT2D eigenvalue weighted by Gasteiger charge is -2.18. The summed E-state index contributed by atoms with van der Waals surface area (Å²) in [6.45, 7) is 3.17. The second-order valence-electron chi connectivity index (χ2n) is 5.32. The maximum absolute atomic E-state index is 6.29. The second kappa shape index (κ2) is 7.83. The number of nitrogens with one attached hydrogen (secondary N) is 1. The fourth-order valence-electron chi connectivity index (χ4n) is 2.38. The van der Waals surface area contributed by atoms with Crippen LogP contribution >= 0.6 is 23.2 Å². The Balaban J connectivity index is 2.08. The van der Waals surface area contributed by atoms with Gasteiger partial charge in [0.05, 0.1) is 6.20 Å². The van der Waals surface area contributed by atoms with E-state index in [4.69, 9.17) is 23.2 Å². The van der Waals surface area contributed by atoms with Gasteiger partial charge < -0.3 is 5.32 Å². The molecular formula is C16H21Cl2N3. The van der Waals surface area contributed by atoms with Gasteiger partial charge in [-0.05, 0) is 49.1 Å². The molecule has 0 aliphatic heterocycles. The summed E-state index contributed by atoms with van der Waals surface area (Å²) < 4.78 is 1.83. The summed E-state index contributed by atoms with van der Waals surface area (Å²) in [5, 5.41) is 9.23. The van der Waals surface area contributed by atoms with Gasteiger partial charge in [-0.25, -0.2) is 0 Å². The summed E-state index contributed by atoms with van der Waals surface area (Å²) in [5.41, 5.74) is 2.36. The van der Waals surface area contributed by atoms with Crippen LogP contribution in [-0.2, 0) is 19.9 Å². The summed E-state index contributed by atoms with van der Waals surface area (Å²) in [6, 6.07) is 6.05. The summed E-state index contributed by atoms with van der Waals surface area (Å²) in [4.78, 5) is 0. The molecule has 0 radical (unpaired) electrons. The lowest BCUT2D eigenvalue weighted by molar-refractivity contribution is 0.504. The van der Waals surface area contributed by atoms with E-state index in [2.05, 4.69) is 23.5 Å². The minimum absolute atomic E-state index is 0.341. The maximum atomic E-state index is 6.29. The molecule has 1 atom stereocenters. The predicted octanol–water partition coefficient (Wildman–Crippen LogP) is 3.88. The third kappa shape index (κ3) is 5.03. The van der Waals surface area contributed by atoms with Crippen molar-refractivity contribution in [2.24, 2.45) is 7.05 Å². The smallest absolute Gasteiger partial charge is 0.0522 e. The molecule has 1 unspecified atom stereocenters. The molecule has 1 N–H and O–H groups in total. The molecule has 5 heteroatoms. The van der Waals surface area contributed by atoms with Crippen molar-refractivity contribution in [3.05, 3.63) is 51.8 Å². The van der Waals surface area contributed by atoms with Crippen molar-refractivity contribution < 1.29 is 0 Å². The lowest BCUT2D eigenvalue weighted by atomic mass is 10.0. The number of nitrogens with zero attached hydrogens (tertiary/aromatic N) is 2. The van der Waals surface area contributed by atoms with Crippen LogP contribution in [0.4, 0.5) is 0 Å². The van der Waals surface area contributed by atoms with Gasteiger partial charge in [0.15, 0.2) is 0 Å². The summed E-state index contributed by atoms with van der Waals surface area (Å²) in [7, 11) is 1.94. The molecule has 0 saturated carbocycles. The zero-order valence-electron chi connectivity index (χ0n) is 12.4. The Morgan fingerprint density at radius 3 is 2.71 bits per heavy atom. The number of rotatable bonds is 7. The fourth-order valence-corrected chi connectivity index (χ4v) is 2.87. The summed E-state index contributed by atoms with van der Waals surface area (Å²) in [5.74, 6) is 0. The van der Waals surface area contributed by atoms with Gasteiger partial charge in [0.1, 0.15) is 0 Å². The zero-order chi connectivity index (χ0) is 15.2. The molecule has 0 amide bonds. The average molecular weight is 326 g/mol. The molecule has 0 spiro atoms. The van der Waals surface area contributed by atoms with E-state index in [1.807, 2.05) is 30.1 Å². The van der Waals surface area contributed by atoms with Crippen molar-refractivity contribution in [2.75, 3.05) is 6.54 Å². The van der Waals surface area contributed by atoms with Gasteiger partial charge in [-0.15, -0.1) is 0 Å². The van der Waals surface area contributed by atoms with Gasteiger partial charge in [-0.1, -0.05) is 36.2 Å². The van der Waals surface area contributed by atoms with Crippen molar-refractivity contribution in [1.29, 1.82) is 0 Å². The molecule has 1 aromatic heterocycles. The molecule has 0 bridgehead atoms. The van der Waals surface area contributed by atoms with Crippen LogP contribution in [0.25, 0.3) is 0 Å².